The maximum Gasteiger partial charge on any atom is 0.254 e. The molecule has 2 heterocycles. The van der Waals surface area contributed by atoms with Gasteiger partial charge in [-0.2, -0.15) is 0 Å². The van der Waals surface area contributed by atoms with Crippen LogP contribution in [0.1, 0.15) is 54.6 Å². The largest absolute Gasteiger partial charge is 0.339 e. The van der Waals surface area contributed by atoms with E-state index >= 15 is 0 Å². The van der Waals surface area contributed by atoms with Gasteiger partial charge in [-0.05, 0) is 56.8 Å². The molecule has 0 spiro atoms. The topological polar surface area (TPSA) is 45.2 Å². The van der Waals surface area contributed by atoms with Gasteiger partial charge in [0.05, 0.1) is 11.1 Å². The van der Waals surface area contributed by atoms with Crippen molar-refractivity contribution in [2.24, 2.45) is 5.92 Å². The van der Waals surface area contributed by atoms with E-state index in [0.29, 0.717) is 11.8 Å². The summed E-state index contributed by atoms with van der Waals surface area (Å²) in [5.41, 5.74) is 2.90. The molecule has 4 rings (SSSR count). The van der Waals surface area contributed by atoms with E-state index in [0.717, 1.165) is 61.2 Å². The van der Waals surface area contributed by atoms with Gasteiger partial charge < -0.3 is 10.2 Å². The molecule has 1 aromatic carbocycles. The van der Waals surface area contributed by atoms with Crippen LogP contribution in [0.15, 0.2) is 30.3 Å². The van der Waals surface area contributed by atoms with Crippen molar-refractivity contribution in [3.63, 3.8) is 0 Å². The van der Waals surface area contributed by atoms with Crippen LogP contribution >= 0.6 is 0 Å². The van der Waals surface area contributed by atoms with E-state index in [-0.39, 0.29) is 5.91 Å². The Balaban J connectivity index is 1.56. The molecule has 132 valence electrons. The minimum Gasteiger partial charge on any atom is -0.339 e. The fraction of sp³-hybridized carbons (Fsp3) is 0.524. The maximum absolute atomic E-state index is 13.2. The van der Waals surface area contributed by atoms with Crippen LogP contribution in [0.3, 0.4) is 0 Å². The van der Waals surface area contributed by atoms with Gasteiger partial charge in [0.25, 0.3) is 5.91 Å². The van der Waals surface area contributed by atoms with Crippen molar-refractivity contribution >= 4 is 16.8 Å². The third-order valence-electron chi connectivity index (χ3n) is 5.55. The van der Waals surface area contributed by atoms with E-state index in [1.807, 2.05) is 29.2 Å². The first-order valence-corrected chi connectivity index (χ1v) is 9.66. The quantitative estimate of drug-likeness (QED) is 0.907. The number of pyridine rings is 1. The molecule has 0 atom stereocenters. The molecule has 1 saturated heterocycles. The number of likely N-dealkylation sites (tertiary alicyclic amines) is 1. The van der Waals surface area contributed by atoms with E-state index in [1.54, 1.807) is 0 Å². The lowest BCUT2D eigenvalue weighted by atomic mass is 9.95. The number of carbonyl (C=O) groups is 1. The molecule has 1 aliphatic heterocycles. The van der Waals surface area contributed by atoms with Gasteiger partial charge >= 0.3 is 0 Å². The molecule has 4 heteroatoms. The SMILES string of the molecule is CCNCC1CCN(C(=O)c2cc(C3CC3)nc3ccccc23)CC1. The predicted octanol–water partition coefficient (Wildman–Crippen LogP) is 3.57. The van der Waals surface area contributed by atoms with Crippen LogP contribution in [-0.2, 0) is 0 Å². The van der Waals surface area contributed by atoms with Gasteiger partial charge in [0.2, 0.25) is 0 Å². The van der Waals surface area contributed by atoms with Gasteiger partial charge in [0.15, 0.2) is 0 Å². The van der Waals surface area contributed by atoms with E-state index in [9.17, 15) is 4.79 Å². The van der Waals surface area contributed by atoms with Gasteiger partial charge in [-0.1, -0.05) is 25.1 Å². The third kappa shape index (κ3) is 3.54. The lowest BCUT2D eigenvalue weighted by Crippen LogP contribution is -2.40. The smallest absolute Gasteiger partial charge is 0.254 e. The van der Waals surface area contributed by atoms with Gasteiger partial charge in [0.1, 0.15) is 0 Å². The number of nitrogens with zero attached hydrogens (tertiary/aromatic N) is 2. The second-order valence-electron chi connectivity index (χ2n) is 7.43. The summed E-state index contributed by atoms with van der Waals surface area (Å²) in [6.45, 7) is 5.97. The number of para-hydroxylation sites is 1. The molecule has 4 nitrogen and oxygen atoms in total. The summed E-state index contributed by atoms with van der Waals surface area (Å²) in [4.78, 5) is 20.0. The third-order valence-corrected chi connectivity index (χ3v) is 5.55. The zero-order chi connectivity index (χ0) is 17.2. The molecule has 1 saturated carbocycles. The first kappa shape index (κ1) is 16.5. The van der Waals surface area contributed by atoms with Gasteiger partial charge in [-0.25, -0.2) is 0 Å². The molecule has 0 unspecified atom stereocenters. The zero-order valence-electron chi connectivity index (χ0n) is 15.0. The number of carbonyl (C=O) groups excluding carboxylic acids is 1. The number of benzene rings is 1. The molecule has 1 amide bonds. The highest BCUT2D eigenvalue weighted by Gasteiger charge is 2.29. The Morgan fingerprint density at radius 1 is 1.20 bits per heavy atom. The van der Waals surface area contributed by atoms with Crippen molar-refractivity contribution in [2.45, 2.75) is 38.5 Å². The second kappa shape index (κ2) is 7.12. The normalized spacial score (nSPS) is 18.7. The molecular weight excluding hydrogens is 310 g/mol. The van der Waals surface area contributed by atoms with Gasteiger partial charge in [-0.15, -0.1) is 0 Å². The molecule has 1 aliphatic carbocycles. The second-order valence-corrected chi connectivity index (χ2v) is 7.43. The van der Waals surface area contributed by atoms with Crippen molar-refractivity contribution in [1.29, 1.82) is 0 Å². The van der Waals surface area contributed by atoms with Crippen LogP contribution in [0.25, 0.3) is 10.9 Å². The minimum absolute atomic E-state index is 0.183. The molecular formula is C21H27N3O. The van der Waals surface area contributed by atoms with Crippen LogP contribution in [0.2, 0.25) is 0 Å². The monoisotopic (exact) mass is 337 g/mol. The average Bonchev–Trinajstić information content (AvgIpc) is 3.50. The number of hydrogen-bond acceptors (Lipinski definition) is 3. The number of fused-ring (bicyclic) bond motifs is 1. The van der Waals surface area contributed by atoms with Gasteiger partial charge in [0, 0.05) is 30.1 Å². The fourth-order valence-corrected chi connectivity index (χ4v) is 3.82. The summed E-state index contributed by atoms with van der Waals surface area (Å²) >= 11 is 0. The van der Waals surface area contributed by atoms with Crippen LogP contribution < -0.4 is 5.32 Å². The van der Waals surface area contributed by atoms with E-state index in [1.165, 1.54) is 12.8 Å². The zero-order valence-corrected chi connectivity index (χ0v) is 15.0. The minimum atomic E-state index is 0.183. The summed E-state index contributed by atoms with van der Waals surface area (Å²) < 4.78 is 0. The molecule has 0 radical (unpaired) electrons. The van der Waals surface area contributed by atoms with Crippen LogP contribution in [0.5, 0.6) is 0 Å². The summed E-state index contributed by atoms with van der Waals surface area (Å²) in [6, 6.07) is 10.1. The van der Waals surface area contributed by atoms with Crippen molar-refractivity contribution in [3.8, 4) is 0 Å². The van der Waals surface area contributed by atoms with Crippen molar-refractivity contribution in [2.75, 3.05) is 26.2 Å². The number of piperidine rings is 1. The van der Waals surface area contributed by atoms with Crippen molar-refractivity contribution < 1.29 is 4.79 Å². The number of aromatic nitrogens is 1. The lowest BCUT2D eigenvalue weighted by molar-refractivity contribution is 0.0692. The first-order chi connectivity index (χ1) is 12.3. The summed E-state index contributed by atoms with van der Waals surface area (Å²) in [7, 11) is 0. The van der Waals surface area contributed by atoms with Gasteiger partial charge in [-0.3, -0.25) is 9.78 Å². The highest BCUT2D eigenvalue weighted by Crippen LogP contribution is 2.40. The van der Waals surface area contributed by atoms with E-state index in [2.05, 4.69) is 18.3 Å². The Morgan fingerprint density at radius 3 is 2.68 bits per heavy atom. The molecule has 2 aliphatic rings. The molecule has 1 N–H and O–H groups in total. The van der Waals surface area contributed by atoms with E-state index < -0.39 is 0 Å². The standard InChI is InChI=1S/C21H27N3O/c1-2-22-14-15-9-11-24(12-10-15)21(25)18-13-20(16-7-8-16)23-19-6-4-3-5-17(18)19/h3-6,13,15-16,22H,2,7-12,14H2,1H3. The predicted molar refractivity (Wildman–Crippen MR) is 101 cm³/mol. The Labute approximate surface area is 149 Å². The number of nitrogens with one attached hydrogen (secondary N) is 1. The Kier molecular flexibility index (Phi) is 4.71. The molecule has 2 aromatic rings. The highest BCUT2D eigenvalue weighted by atomic mass is 16.2. The fourth-order valence-electron chi connectivity index (χ4n) is 3.82. The first-order valence-electron chi connectivity index (χ1n) is 9.66. The summed E-state index contributed by atoms with van der Waals surface area (Å²) in [5, 5.41) is 4.43. The highest BCUT2D eigenvalue weighted by molar-refractivity contribution is 6.06. The van der Waals surface area contributed by atoms with Crippen LogP contribution in [-0.4, -0.2) is 42.0 Å². The van der Waals surface area contributed by atoms with Crippen molar-refractivity contribution in [3.05, 3.63) is 41.6 Å². The average molecular weight is 337 g/mol. The summed E-state index contributed by atoms with van der Waals surface area (Å²) in [6.07, 6.45) is 4.60. The lowest BCUT2D eigenvalue weighted by Gasteiger charge is -2.32. The molecule has 1 aromatic heterocycles. The molecule has 25 heavy (non-hydrogen) atoms. The van der Waals surface area contributed by atoms with Crippen molar-refractivity contribution in [1.82, 2.24) is 15.2 Å². The maximum atomic E-state index is 13.2. The molecule has 2 fully saturated rings. The number of hydrogen-bond donors (Lipinski definition) is 1. The Hall–Kier alpha value is -1.94. The van der Waals surface area contributed by atoms with Crippen LogP contribution in [0, 0.1) is 5.92 Å². The Morgan fingerprint density at radius 2 is 1.96 bits per heavy atom. The van der Waals surface area contributed by atoms with Crippen LogP contribution in [0.4, 0.5) is 0 Å². The summed E-state index contributed by atoms with van der Waals surface area (Å²) in [5.74, 6) is 1.43. The molecule has 0 bridgehead atoms. The Bertz CT molecular complexity index is 761. The number of rotatable bonds is 5. The number of amides is 1. The van der Waals surface area contributed by atoms with E-state index in [4.69, 9.17) is 4.98 Å².